The van der Waals surface area contributed by atoms with Gasteiger partial charge in [-0.15, -0.1) is 0 Å². The number of benzene rings is 1. The van der Waals surface area contributed by atoms with E-state index < -0.39 is 29.6 Å². The molecule has 3 atom stereocenters. The van der Waals surface area contributed by atoms with Gasteiger partial charge in [0.1, 0.15) is 18.3 Å². The van der Waals surface area contributed by atoms with Crippen LogP contribution < -0.4 is 19.5 Å². The van der Waals surface area contributed by atoms with Crippen molar-refractivity contribution in [3.8, 4) is 17.2 Å². The van der Waals surface area contributed by atoms with E-state index in [1.54, 1.807) is 30.8 Å². The van der Waals surface area contributed by atoms with Gasteiger partial charge in [-0.25, -0.2) is 4.79 Å². The van der Waals surface area contributed by atoms with Gasteiger partial charge < -0.3 is 29.0 Å². The lowest BCUT2D eigenvalue weighted by molar-refractivity contribution is -0.151. The number of ketones is 1. The van der Waals surface area contributed by atoms with Crippen LogP contribution in [0.4, 0.5) is 0 Å². The van der Waals surface area contributed by atoms with Crippen LogP contribution in [0, 0.1) is 11.8 Å². The fraction of sp³-hybridized carbons (Fsp3) is 0.519. The molecule has 0 amide bonds. The first-order chi connectivity index (χ1) is 17.7. The van der Waals surface area contributed by atoms with Crippen molar-refractivity contribution in [2.24, 2.45) is 11.8 Å². The van der Waals surface area contributed by atoms with Crippen LogP contribution in [0.3, 0.4) is 0 Å². The maximum absolute atomic E-state index is 13.9. The van der Waals surface area contributed by atoms with Gasteiger partial charge in [0, 0.05) is 34.3 Å². The summed E-state index contributed by atoms with van der Waals surface area (Å²) < 4.78 is 27.3. The molecule has 0 radical (unpaired) electrons. The molecule has 0 fully saturated rings. The summed E-state index contributed by atoms with van der Waals surface area (Å²) in [5.41, 5.74) is 2.35. The molecule has 1 N–H and O–H groups in total. The average molecular weight is 534 g/mol. The number of allylic oxidation sites excluding steroid dienone is 3. The lowest BCUT2D eigenvalue weighted by Crippen LogP contribution is -2.43. The molecule has 1 aromatic carbocycles. The predicted molar refractivity (Wildman–Crippen MR) is 140 cm³/mol. The molecular formula is C27H35NO8S. The van der Waals surface area contributed by atoms with Gasteiger partial charge in [0.25, 0.3) is 0 Å². The van der Waals surface area contributed by atoms with Gasteiger partial charge >= 0.3 is 11.9 Å². The van der Waals surface area contributed by atoms with Gasteiger partial charge in [-0.1, -0.05) is 13.8 Å². The van der Waals surface area contributed by atoms with E-state index in [1.807, 2.05) is 13.8 Å². The number of dihydropyridines is 1. The summed E-state index contributed by atoms with van der Waals surface area (Å²) in [6, 6.07) is 3.35. The summed E-state index contributed by atoms with van der Waals surface area (Å²) in [5.74, 6) is -0.873. The topological polar surface area (TPSA) is 109 Å². The number of nitrogens with one attached hydrogen (secondary N) is 1. The van der Waals surface area contributed by atoms with Crippen LogP contribution in [0.15, 0.2) is 34.7 Å². The van der Waals surface area contributed by atoms with Crippen molar-refractivity contribution < 1.29 is 38.1 Å². The Kier molecular flexibility index (Phi) is 9.53. The Balaban J connectivity index is 2.23. The normalized spacial score (nSPS) is 21.2. The zero-order valence-electron chi connectivity index (χ0n) is 22.4. The quantitative estimate of drug-likeness (QED) is 0.272. The van der Waals surface area contributed by atoms with E-state index in [0.29, 0.717) is 52.0 Å². The molecule has 202 valence electrons. The third-order valence-corrected chi connectivity index (χ3v) is 7.54. The molecule has 9 nitrogen and oxygen atoms in total. The number of Topliss-reactive ketones (excluding diaryl/α,β-unsaturated/α-hetero) is 1. The molecule has 0 aromatic heterocycles. The van der Waals surface area contributed by atoms with E-state index in [9.17, 15) is 14.4 Å². The van der Waals surface area contributed by atoms with Gasteiger partial charge in [-0.3, -0.25) is 9.59 Å². The second kappa shape index (κ2) is 12.4. The fourth-order valence-corrected chi connectivity index (χ4v) is 5.45. The fourth-order valence-electron chi connectivity index (χ4n) is 4.96. The molecule has 1 aliphatic heterocycles. The van der Waals surface area contributed by atoms with Crippen LogP contribution in [0.1, 0.15) is 38.7 Å². The highest BCUT2D eigenvalue weighted by molar-refractivity contribution is 7.99. The molecule has 0 bridgehead atoms. The van der Waals surface area contributed by atoms with Gasteiger partial charge in [-0.2, -0.15) is 11.8 Å². The van der Waals surface area contributed by atoms with Crippen molar-refractivity contribution in [2.75, 3.05) is 46.6 Å². The van der Waals surface area contributed by atoms with Crippen LogP contribution in [0.5, 0.6) is 17.2 Å². The van der Waals surface area contributed by atoms with Gasteiger partial charge in [0.2, 0.25) is 0 Å². The van der Waals surface area contributed by atoms with Crippen LogP contribution >= 0.6 is 11.8 Å². The first kappa shape index (κ1) is 28.4. The van der Waals surface area contributed by atoms with Gasteiger partial charge in [0.05, 0.1) is 39.9 Å². The van der Waals surface area contributed by atoms with Crippen molar-refractivity contribution in [2.45, 2.75) is 33.1 Å². The highest BCUT2D eigenvalue weighted by atomic mass is 32.2. The van der Waals surface area contributed by atoms with Crippen molar-refractivity contribution in [1.82, 2.24) is 5.32 Å². The van der Waals surface area contributed by atoms with Crippen molar-refractivity contribution in [3.63, 3.8) is 0 Å². The van der Waals surface area contributed by atoms with Crippen LogP contribution in [-0.4, -0.2) is 64.3 Å². The molecule has 2 aliphatic rings. The third-order valence-electron chi connectivity index (χ3n) is 6.67. The average Bonchev–Trinajstić information content (AvgIpc) is 2.89. The Hall–Kier alpha value is -3.14. The number of hydrogen-bond acceptors (Lipinski definition) is 10. The summed E-state index contributed by atoms with van der Waals surface area (Å²) in [6.07, 6.45) is 0.430. The smallest absolute Gasteiger partial charge is 0.336 e. The molecule has 3 rings (SSSR count). The van der Waals surface area contributed by atoms with Crippen molar-refractivity contribution in [3.05, 3.63) is 40.2 Å². The number of rotatable bonds is 10. The molecule has 0 unspecified atom stereocenters. The summed E-state index contributed by atoms with van der Waals surface area (Å²) >= 11 is 1.66. The standard InChI is InChI=1S/C27H35NO8S/c1-8-37-10-9-36-27(31)22-15(3)28-17-11-14(2)21(26(30)35-7)25(29)24(17)23(22)16-12-19(33-5)20(34-6)13-18(16)32-4/h12-14,21,23,28H,8-11H2,1-7H3/t14-,21+,23-/m1/s1. The van der Waals surface area contributed by atoms with E-state index in [1.165, 1.54) is 28.4 Å². The maximum atomic E-state index is 13.9. The number of carbonyl (C=O) groups excluding carboxylic acids is 3. The van der Waals surface area contributed by atoms with E-state index >= 15 is 0 Å². The summed E-state index contributed by atoms with van der Waals surface area (Å²) in [4.78, 5) is 40.1. The van der Waals surface area contributed by atoms with Gasteiger partial charge in [-0.05, 0) is 31.1 Å². The minimum atomic E-state index is -0.990. The Morgan fingerprint density at radius 3 is 2.30 bits per heavy atom. The minimum absolute atomic E-state index is 0.228. The molecule has 10 heteroatoms. The second-order valence-electron chi connectivity index (χ2n) is 8.82. The lowest BCUT2D eigenvalue weighted by Gasteiger charge is -2.38. The molecule has 37 heavy (non-hydrogen) atoms. The number of ether oxygens (including phenoxy) is 5. The molecule has 1 aromatic rings. The Morgan fingerprint density at radius 2 is 1.70 bits per heavy atom. The Morgan fingerprint density at radius 1 is 1.05 bits per heavy atom. The summed E-state index contributed by atoms with van der Waals surface area (Å²) in [5, 5.41) is 3.26. The lowest BCUT2D eigenvalue weighted by atomic mass is 9.69. The monoisotopic (exact) mass is 533 g/mol. The molecule has 0 saturated carbocycles. The molecular weight excluding hydrogens is 498 g/mol. The van der Waals surface area contributed by atoms with E-state index in [2.05, 4.69) is 5.32 Å². The zero-order chi connectivity index (χ0) is 27.3. The highest BCUT2D eigenvalue weighted by Gasteiger charge is 2.48. The number of esters is 2. The molecule has 0 saturated heterocycles. The molecule has 0 spiro atoms. The van der Waals surface area contributed by atoms with Crippen LogP contribution in [0.25, 0.3) is 0 Å². The molecule has 1 aliphatic carbocycles. The van der Waals surface area contributed by atoms with Crippen LogP contribution in [0.2, 0.25) is 0 Å². The second-order valence-corrected chi connectivity index (χ2v) is 10.2. The Bertz CT molecular complexity index is 1130. The minimum Gasteiger partial charge on any atom is -0.496 e. The Labute approximate surface area is 221 Å². The number of carbonyl (C=O) groups is 3. The maximum Gasteiger partial charge on any atom is 0.336 e. The first-order valence-corrected chi connectivity index (χ1v) is 13.3. The SMILES string of the molecule is CCSCCOC(=O)C1=C(C)NC2=C(C(=O)[C@@H](C(=O)OC)[C@H](C)C2)[C@@H]1c1cc(OC)c(OC)cc1OC. The number of methoxy groups -OCH3 is 4. The number of hydrogen-bond donors (Lipinski definition) is 1. The van der Waals surface area contributed by atoms with E-state index in [0.717, 1.165) is 5.75 Å². The third kappa shape index (κ3) is 5.58. The highest BCUT2D eigenvalue weighted by Crippen LogP contribution is 2.49. The van der Waals surface area contributed by atoms with Crippen molar-refractivity contribution >= 4 is 29.5 Å². The van der Waals surface area contributed by atoms with Gasteiger partial charge in [0.15, 0.2) is 17.3 Å². The summed E-state index contributed by atoms with van der Waals surface area (Å²) in [7, 11) is 5.78. The predicted octanol–water partition coefficient (Wildman–Crippen LogP) is 3.62. The van der Waals surface area contributed by atoms with Crippen LogP contribution in [-0.2, 0) is 23.9 Å². The summed E-state index contributed by atoms with van der Waals surface area (Å²) in [6.45, 7) is 5.88. The van der Waals surface area contributed by atoms with Crippen molar-refractivity contribution in [1.29, 1.82) is 0 Å². The zero-order valence-corrected chi connectivity index (χ0v) is 23.2. The van der Waals surface area contributed by atoms with E-state index in [4.69, 9.17) is 23.7 Å². The largest absolute Gasteiger partial charge is 0.496 e. The number of thioether (sulfide) groups is 1. The molecule has 1 heterocycles. The first-order valence-electron chi connectivity index (χ1n) is 12.1. The van der Waals surface area contributed by atoms with E-state index in [-0.39, 0.29) is 18.1 Å².